The molecule has 2 aromatic carbocycles. The average molecular weight is 543 g/mol. The van der Waals surface area contributed by atoms with E-state index in [-0.39, 0.29) is 35.4 Å². The van der Waals surface area contributed by atoms with E-state index >= 15 is 0 Å². The van der Waals surface area contributed by atoms with Gasteiger partial charge in [0, 0.05) is 49.0 Å². The lowest BCUT2D eigenvalue weighted by Crippen LogP contribution is -2.27. The van der Waals surface area contributed by atoms with Crippen LogP contribution in [0, 0.1) is 5.82 Å². The Balaban J connectivity index is 1.51. The molecule has 0 saturated carbocycles. The van der Waals surface area contributed by atoms with E-state index in [2.05, 4.69) is 10.6 Å². The van der Waals surface area contributed by atoms with Crippen molar-refractivity contribution in [2.24, 2.45) is 0 Å². The van der Waals surface area contributed by atoms with Gasteiger partial charge in [-0.25, -0.2) is 9.37 Å². The number of fused-ring (bicyclic) bond motifs is 3. The van der Waals surface area contributed by atoms with Crippen molar-refractivity contribution in [3.63, 3.8) is 0 Å². The maximum absolute atomic E-state index is 13.5. The van der Waals surface area contributed by atoms with Crippen molar-refractivity contribution >= 4 is 60.9 Å². The van der Waals surface area contributed by atoms with Gasteiger partial charge >= 0.3 is 0 Å². The fraction of sp³-hybridized carbons (Fsp3) is 0.308. The van der Waals surface area contributed by atoms with Crippen LogP contribution in [-0.4, -0.2) is 47.4 Å². The molecule has 0 aliphatic carbocycles. The quantitative estimate of drug-likeness (QED) is 0.156. The van der Waals surface area contributed by atoms with E-state index in [1.54, 1.807) is 11.7 Å². The predicted octanol–water partition coefficient (Wildman–Crippen LogP) is 4.41. The normalized spacial score (nSPS) is 11.2. The second-order valence-electron chi connectivity index (χ2n) is 8.27. The monoisotopic (exact) mass is 542 g/mol. The van der Waals surface area contributed by atoms with E-state index in [1.807, 2.05) is 24.3 Å². The van der Waals surface area contributed by atoms with Crippen molar-refractivity contribution in [1.82, 2.24) is 14.9 Å². The van der Waals surface area contributed by atoms with Crippen molar-refractivity contribution in [3.05, 3.63) is 64.7 Å². The molecule has 0 radical (unpaired) electrons. The third-order valence-corrected chi connectivity index (χ3v) is 7.66. The van der Waals surface area contributed by atoms with Crippen LogP contribution in [0.3, 0.4) is 0 Å². The number of hydrogen-bond donors (Lipinski definition) is 2. The topological polar surface area (TPSA) is 102 Å². The van der Waals surface area contributed by atoms with Crippen molar-refractivity contribution in [1.29, 1.82) is 0 Å². The summed E-state index contributed by atoms with van der Waals surface area (Å²) in [7, 11) is 1.61. The molecule has 0 atom stereocenters. The van der Waals surface area contributed by atoms with E-state index in [0.717, 1.165) is 28.3 Å². The molecule has 2 heterocycles. The van der Waals surface area contributed by atoms with Crippen LogP contribution in [0.1, 0.15) is 19.3 Å². The smallest absolute Gasteiger partial charge is 0.272 e. The Hall–Kier alpha value is -3.28. The van der Waals surface area contributed by atoms with Crippen molar-refractivity contribution in [2.75, 3.05) is 31.3 Å². The zero-order valence-electron chi connectivity index (χ0n) is 20.3. The SMILES string of the molecule is COCCCNC(=O)CCCn1c(SCC(=O)Nc2ccc(F)cc2)nc2c(sc3ccccc32)c1=O. The van der Waals surface area contributed by atoms with E-state index in [0.29, 0.717) is 47.2 Å². The number of ether oxygens (including phenoxy) is 1. The van der Waals surface area contributed by atoms with Crippen LogP contribution in [0.15, 0.2) is 58.5 Å². The number of aromatic nitrogens is 2. The predicted molar refractivity (Wildman–Crippen MR) is 146 cm³/mol. The summed E-state index contributed by atoms with van der Waals surface area (Å²) in [5, 5.41) is 6.87. The lowest BCUT2D eigenvalue weighted by molar-refractivity contribution is -0.121. The van der Waals surface area contributed by atoms with Crippen molar-refractivity contribution in [3.8, 4) is 0 Å². The highest BCUT2D eigenvalue weighted by atomic mass is 32.2. The van der Waals surface area contributed by atoms with E-state index < -0.39 is 0 Å². The van der Waals surface area contributed by atoms with Crippen molar-refractivity contribution in [2.45, 2.75) is 31.0 Å². The summed E-state index contributed by atoms with van der Waals surface area (Å²) in [6, 6.07) is 13.2. The average Bonchev–Trinajstić information content (AvgIpc) is 3.27. The molecular weight excluding hydrogens is 515 g/mol. The third kappa shape index (κ3) is 6.94. The van der Waals surface area contributed by atoms with Crippen LogP contribution >= 0.6 is 23.1 Å². The van der Waals surface area contributed by atoms with Gasteiger partial charge in [0.1, 0.15) is 10.5 Å². The number of nitrogens with one attached hydrogen (secondary N) is 2. The zero-order chi connectivity index (χ0) is 26.2. The van der Waals surface area contributed by atoms with Gasteiger partial charge in [-0.1, -0.05) is 30.0 Å². The first-order valence-electron chi connectivity index (χ1n) is 11.8. The molecule has 11 heteroatoms. The number of amides is 2. The minimum atomic E-state index is -0.388. The second-order valence-corrected chi connectivity index (χ2v) is 10.3. The van der Waals surface area contributed by atoms with Gasteiger partial charge < -0.3 is 15.4 Å². The molecule has 0 unspecified atom stereocenters. The van der Waals surface area contributed by atoms with Gasteiger partial charge in [-0.05, 0) is 43.2 Å². The van der Waals surface area contributed by atoms with Gasteiger partial charge in [0.05, 0.1) is 11.3 Å². The Kier molecular flexibility index (Phi) is 9.26. The molecule has 0 bridgehead atoms. The van der Waals surface area contributed by atoms with Crippen LogP contribution in [0.4, 0.5) is 10.1 Å². The Labute approximate surface area is 221 Å². The highest BCUT2D eigenvalue weighted by Gasteiger charge is 2.17. The molecule has 37 heavy (non-hydrogen) atoms. The molecule has 0 spiro atoms. The molecule has 194 valence electrons. The van der Waals surface area contributed by atoms with Gasteiger partial charge in [-0.15, -0.1) is 11.3 Å². The summed E-state index contributed by atoms with van der Waals surface area (Å²) in [4.78, 5) is 43.0. The first kappa shape index (κ1) is 26.8. The number of hydrogen-bond acceptors (Lipinski definition) is 7. The summed E-state index contributed by atoms with van der Waals surface area (Å²) < 4.78 is 21.2. The lowest BCUT2D eigenvalue weighted by Gasteiger charge is -2.12. The molecule has 0 saturated heterocycles. The number of benzene rings is 2. The second kappa shape index (κ2) is 12.8. The van der Waals surface area contributed by atoms with Crippen LogP contribution in [0.2, 0.25) is 0 Å². The fourth-order valence-electron chi connectivity index (χ4n) is 3.75. The third-order valence-electron chi connectivity index (χ3n) is 5.54. The van der Waals surface area contributed by atoms with Gasteiger partial charge in [0.25, 0.3) is 5.56 Å². The minimum absolute atomic E-state index is 0.0113. The molecule has 0 fully saturated rings. The first-order valence-corrected chi connectivity index (χ1v) is 13.6. The standard InChI is InChI=1S/C26H27FN4O4S2/c1-35-15-5-13-28-21(32)8-4-14-31-25(34)24-23(19-6-2-3-7-20(19)37-24)30-26(31)36-16-22(33)29-18-11-9-17(27)10-12-18/h2-3,6-7,9-12H,4-5,8,13-16H2,1H3,(H,28,32)(H,29,33). The maximum atomic E-state index is 13.5. The Bertz CT molecular complexity index is 1450. The van der Waals surface area contributed by atoms with E-state index in [1.165, 1.54) is 35.6 Å². The zero-order valence-corrected chi connectivity index (χ0v) is 21.9. The highest BCUT2D eigenvalue weighted by Crippen LogP contribution is 2.32. The van der Waals surface area contributed by atoms with Crippen LogP contribution in [0.25, 0.3) is 20.3 Å². The number of nitrogens with zero attached hydrogens (tertiary/aromatic N) is 2. The molecule has 2 aromatic heterocycles. The first-order chi connectivity index (χ1) is 18.0. The van der Waals surface area contributed by atoms with Crippen LogP contribution in [-0.2, 0) is 20.9 Å². The molecule has 8 nitrogen and oxygen atoms in total. The molecular formula is C26H27FN4O4S2. The van der Waals surface area contributed by atoms with Crippen molar-refractivity contribution < 1.29 is 18.7 Å². The molecule has 2 amide bonds. The number of carbonyl (C=O) groups excluding carboxylic acids is 2. The van der Waals surface area contributed by atoms with Crippen LogP contribution < -0.4 is 16.2 Å². The van der Waals surface area contributed by atoms with Gasteiger partial charge in [-0.3, -0.25) is 19.0 Å². The minimum Gasteiger partial charge on any atom is -0.385 e. The lowest BCUT2D eigenvalue weighted by atomic mass is 10.2. The largest absolute Gasteiger partial charge is 0.385 e. The maximum Gasteiger partial charge on any atom is 0.272 e. The number of thioether (sulfide) groups is 1. The molecule has 4 aromatic rings. The molecule has 0 aliphatic rings. The number of methoxy groups -OCH3 is 1. The number of carbonyl (C=O) groups is 2. The summed E-state index contributed by atoms with van der Waals surface area (Å²) in [5.41, 5.74) is 0.903. The molecule has 2 N–H and O–H groups in total. The number of thiophene rings is 1. The van der Waals surface area contributed by atoms with Gasteiger partial charge in [0.2, 0.25) is 11.8 Å². The summed E-state index contributed by atoms with van der Waals surface area (Å²) in [5.74, 6) is -0.770. The number of halogens is 1. The fourth-order valence-corrected chi connectivity index (χ4v) is 5.66. The summed E-state index contributed by atoms with van der Waals surface area (Å²) >= 11 is 2.54. The Morgan fingerprint density at radius 1 is 1.11 bits per heavy atom. The Morgan fingerprint density at radius 2 is 1.89 bits per heavy atom. The molecule has 0 aliphatic heterocycles. The van der Waals surface area contributed by atoms with E-state index in [9.17, 15) is 18.8 Å². The van der Waals surface area contributed by atoms with Crippen LogP contribution in [0.5, 0.6) is 0 Å². The summed E-state index contributed by atoms with van der Waals surface area (Å²) in [6.07, 6.45) is 1.44. The van der Waals surface area contributed by atoms with E-state index in [4.69, 9.17) is 9.72 Å². The number of anilines is 1. The van der Waals surface area contributed by atoms with Gasteiger partial charge in [-0.2, -0.15) is 0 Å². The molecule has 4 rings (SSSR count). The number of rotatable bonds is 12. The highest BCUT2D eigenvalue weighted by molar-refractivity contribution is 7.99. The van der Waals surface area contributed by atoms with Gasteiger partial charge in [0.15, 0.2) is 5.16 Å². The Morgan fingerprint density at radius 3 is 2.68 bits per heavy atom. The summed E-state index contributed by atoms with van der Waals surface area (Å²) in [6.45, 7) is 1.40.